The zero-order valence-electron chi connectivity index (χ0n) is 13.8. The van der Waals surface area contributed by atoms with E-state index in [1.54, 1.807) is 0 Å². The number of halogens is 4. The monoisotopic (exact) mass is 427 g/mol. The van der Waals surface area contributed by atoms with Crippen LogP contribution in [0.25, 0.3) is 0 Å². The summed E-state index contributed by atoms with van der Waals surface area (Å²) in [5.41, 5.74) is 1.09. The third-order valence-electron chi connectivity index (χ3n) is 4.18. The van der Waals surface area contributed by atoms with E-state index >= 15 is 0 Å². The van der Waals surface area contributed by atoms with Crippen molar-refractivity contribution in [2.24, 2.45) is 5.92 Å². The molecule has 140 valence electrons. The van der Waals surface area contributed by atoms with Crippen molar-refractivity contribution in [2.75, 3.05) is 19.7 Å². The summed E-state index contributed by atoms with van der Waals surface area (Å²) in [5, 5.41) is 3.99. The predicted octanol–water partition coefficient (Wildman–Crippen LogP) is 5.34. The van der Waals surface area contributed by atoms with Gasteiger partial charge in [0.05, 0.1) is 0 Å². The van der Waals surface area contributed by atoms with Gasteiger partial charge in [-0.25, -0.2) is 4.79 Å². The molecule has 25 heavy (non-hydrogen) atoms. The first-order chi connectivity index (χ1) is 11.8. The van der Waals surface area contributed by atoms with E-state index in [9.17, 15) is 4.79 Å². The Labute approximate surface area is 168 Å². The first-order valence-electron chi connectivity index (χ1n) is 8.16. The van der Waals surface area contributed by atoms with Gasteiger partial charge < -0.3 is 14.8 Å². The smallest absolute Gasteiger partial charge is 0.430 e. The fourth-order valence-electron chi connectivity index (χ4n) is 3.21. The van der Waals surface area contributed by atoms with E-state index in [0.29, 0.717) is 17.5 Å². The van der Waals surface area contributed by atoms with Crippen molar-refractivity contribution in [1.82, 2.24) is 5.32 Å². The molecule has 0 spiro atoms. The van der Waals surface area contributed by atoms with E-state index < -0.39 is 9.95 Å². The summed E-state index contributed by atoms with van der Waals surface area (Å²) in [6.07, 6.45) is 0.855. The molecule has 2 rings (SSSR count). The third-order valence-corrected chi connectivity index (χ3v) is 4.76. The van der Waals surface area contributed by atoms with Crippen LogP contribution in [0.3, 0.4) is 0 Å². The summed E-state index contributed by atoms with van der Waals surface area (Å²) < 4.78 is 8.77. The third kappa shape index (κ3) is 6.69. The molecule has 1 saturated heterocycles. The molecule has 1 aliphatic heterocycles. The molecule has 1 aromatic carbocycles. The quantitative estimate of drug-likeness (QED) is 0.508. The first-order valence-corrected chi connectivity index (χ1v) is 9.67. The van der Waals surface area contributed by atoms with Crippen LogP contribution in [-0.2, 0) is 9.47 Å². The van der Waals surface area contributed by atoms with Crippen LogP contribution in [0.2, 0.25) is 5.02 Å². The van der Waals surface area contributed by atoms with Crippen molar-refractivity contribution in [1.29, 1.82) is 0 Å². The average molecular weight is 429 g/mol. The number of rotatable bonds is 5. The Morgan fingerprint density at radius 3 is 2.52 bits per heavy atom. The van der Waals surface area contributed by atoms with Gasteiger partial charge in [-0.1, -0.05) is 71.9 Å². The highest BCUT2D eigenvalue weighted by molar-refractivity contribution is 6.67. The molecule has 0 aromatic heterocycles. The molecular weight excluding hydrogens is 408 g/mol. The second-order valence-corrected chi connectivity index (χ2v) is 9.05. The number of alkyl halides is 3. The molecule has 4 nitrogen and oxygen atoms in total. The number of ether oxygens (including phenoxy) is 2. The Balaban J connectivity index is 2.12. The maximum atomic E-state index is 12.0. The Morgan fingerprint density at radius 1 is 1.24 bits per heavy atom. The van der Waals surface area contributed by atoms with Gasteiger partial charge in [0.15, 0.2) is 0 Å². The van der Waals surface area contributed by atoms with Gasteiger partial charge in [-0.3, -0.25) is 0 Å². The largest absolute Gasteiger partial charge is 0.508 e. The lowest BCUT2D eigenvalue weighted by Crippen LogP contribution is -2.47. The highest BCUT2D eigenvalue weighted by Crippen LogP contribution is 2.36. The van der Waals surface area contributed by atoms with Gasteiger partial charge in [0.25, 0.3) is 0 Å². The summed E-state index contributed by atoms with van der Waals surface area (Å²) in [6.45, 7) is 3.18. The van der Waals surface area contributed by atoms with Crippen molar-refractivity contribution in [2.45, 2.75) is 35.6 Å². The zero-order valence-corrected chi connectivity index (χ0v) is 16.8. The topological polar surface area (TPSA) is 47.6 Å². The normalized spacial score (nSPS) is 24.0. The predicted molar refractivity (Wildman–Crippen MR) is 102 cm³/mol. The Bertz CT molecular complexity index is 560. The van der Waals surface area contributed by atoms with Crippen LogP contribution >= 0.6 is 46.4 Å². The van der Waals surface area contributed by atoms with E-state index in [1.165, 1.54) is 0 Å². The fraction of sp³-hybridized carbons (Fsp3) is 0.588. The van der Waals surface area contributed by atoms with Crippen LogP contribution < -0.4 is 5.32 Å². The summed E-state index contributed by atoms with van der Waals surface area (Å²) in [7, 11) is 0. The Morgan fingerprint density at radius 2 is 1.92 bits per heavy atom. The molecular formula is C17H21Cl4NO3. The molecule has 3 atom stereocenters. The fourth-order valence-corrected chi connectivity index (χ4v) is 3.50. The summed E-state index contributed by atoms with van der Waals surface area (Å²) in [5.74, 6) is 0.393. The van der Waals surface area contributed by atoms with E-state index in [4.69, 9.17) is 55.9 Å². The average Bonchev–Trinajstić information content (AvgIpc) is 2.54. The van der Waals surface area contributed by atoms with Gasteiger partial charge in [0.1, 0.15) is 12.7 Å². The first kappa shape index (κ1) is 20.9. The number of hydrogen-bond acceptors (Lipinski definition) is 4. The van der Waals surface area contributed by atoms with Crippen molar-refractivity contribution in [3.63, 3.8) is 0 Å². The maximum absolute atomic E-state index is 12.0. The molecule has 1 fully saturated rings. The molecule has 1 heterocycles. The van der Waals surface area contributed by atoms with Crippen molar-refractivity contribution >= 4 is 52.6 Å². The van der Waals surface area contributed by atoms with Gasteiger partial charge in [-0.2, -0.15) is 0 Å². The minimum absolute atomic E-state index is 0.0544. The molecule has 0 radical (unpaired) electrons. The molecule has 0 amide bonds. The van der Waals surface area contributed by atoms with E-state index in [0.717, 1.165) is 24.9 Å². The Kier molecular flexibility index (Phi) is 7.96. The highest BCUT2D eigenvalue weighted by atomic mass is 35.6. The minimum atomic E-state index is -1.66. The minimum Gasteiger partial charge on any atom is -0.430 e. The lowest BCUT2D eigenvalue weighted by Gasteiger charge is -2.38. The standard InChI is InChI=1S/C17H21Cl4NO3/c1-2-3-12-8-22-9-14(25-16(23)24-10-17(19,20)21)15(12)11-4-6-13(18)7-5-11/h4-7,12,14-15,22H,2-3,8-10H2,1H3. The van der Waals surface area contributed by atoms with Crippen molar-refractivity contribution in [3.05, 3.63) is 34.9 Å². The lowest BCUT2D eigenvalue weighted by atomic mass is 9.77. The number of nitrogens with one attached hydrogen (secondary N) is 1. The van der Waals surface area contributed by atoms with Crippen LogP contribution in [0.1, 0.15) is 31.2 Å². The molecule has 1 aliphatic rings. The van der Waals surface area contributed by atoms with E-state index in [-0.39, 0.29) is 18.6 Å². The van der Waals surface area contributed by atoms with Crippen LogP contribution in [0, 0.1) is 5.92 Å². The summed E-state index contributed by atoms with van der Waals surface area (Å²) >= 11 is 22.8. The second-order valence-electron chi connectivity index (χ2n) is 6.09. The van der Waals surface area contributed by atoms with Gasteiger partial charge in [0, 0.05) is 17.5 Å². The molecule has 1 N–H and O–H groups in total. The van der Waals surface area contributed by atoms with Crippen LogP contribution in [-0.4, -0.2) is 35.7 Å². The number of carbonyl (C=O) groups excluding carboxylic acids is 1. The van der Waals surface area contributed by atoms with Crippen molar-refractivity contribution < 1.29 is 14.3 Å². The number of hydrogen-bond donors (Lipinski definition) is 1. The maximum Gasteiger partial charge on any atom is 0.508 e. The van der Waals surface area contributed by atoms with Gasteiger partial charge >= 0.3 is 6.16 Å². The molecule has 8 heteroatoms. The molecule has 1 aromatic rings. The summed E-state index contributed by atoms with van der Waals surface area (Å²) in [4.78, 5) is 12.0. The van der Waals surface area contributed by atoms with Crippen LogP contribution in [0.15, 0.2) is 24.3 Å². The van der Waals surface area contributed by atoms with Gasteiger partial charge in [0.2, 0.25) is 3.79 Å². The van der Waals surface area contributed by atoms with Crippen molar-refractivity contribution in [3.8, 4) is 0 Å². The van der Waals surface area contributed by atoms with Crippen LogP contribution in [0.5, 0.6) is 0 Å². The Hall–Kier alpha value is -0.390. The molecule has 3 unspecified atom stereocenters. The van der Waals surface area contributed by atoms with Gasteiger partial charge in [-0.05, 0) is 36.6 Å². The van der Waals surface area contributed by atoms with E-state index in [1.807, 2.05) is 24.3 Å². The lowest BCUT2D eigenvalue weighted by molar-refractivity contribution is -0.00253. The highest BCUT2D eigenvalue weighted by Gasteiger charge is 2.37. The second kappa shape index (κ2) is 9.52. The summed E-state index contributed by atoms with van der Waals surface area (Å²) in [6, 6.07) is 7.65. The van der Waals surface area contributed by atoms with Crippen LogP contribution in [0.4, 0.5) is 4.79 Å². The number of carbonyl (C=O) groups is 1. The molecule has 0 saturated carbocycles. The SMILES string of the molecule is CCCC1CNCC(OC(=O)OCC(Cl)(Cl)Cl)C1c1ccc(Cl)cc1. The number of benzene rings is 1. The molecule has 0 aliphatic carbocycles. The zero-order chi connectivity index (χ0) is 18.4. The van der Waals surface area contributed by atoms with E-state index in [2.05, 4.69) is 12.2 Å². The molecule has 0 bridgehead atoms. The van der Waals surface area contributed by atoms with Gasteiger partial charge in [-0.15, -0.1) is 0 Å². The number of piperidine rings is 1.